The lowest BCUT2D eigenvalue weighted by atomic mass is 9.83. The molecule has 164 valence electrons. The van der Waals surface area contributed by atoms with Gasteiger partial charge in [-0.05, 0) is 49.8 Å². The summed E-state index contributed by atoms with van der Waals surface area (Å²) in [5, 5.41) is 2.32. The largest absolute Gasteiger partial charge is 0.379 e. The molecule has 3 aliphatic rings. The number of ether oxygens (including phenoxy) is 1. The summed E-state index contributed by atoms with van der Waals surface area (Å²) < 4.78 is 20.8. The molecule has 1 aromatic rings. The van der Waals surface area contributed by atoms with E-state index in [4.69, 9.17) is 4.74 Å². The van der Waals surface area contributed by atoms with E-state index in [-0.39, 0.29) is 30.2 Å². The van der Waals surface area contributed by atoms with Crippen LogP contribution in [-0.2, 0) is 14.3 Å². The molecular weight excluding hydrogens is 383 g/mol. The van der Waals surface area contributed by atoms with Crippen LogP contribution in [-0.4, -0.2) is 49.6 Å². The molecule has 2 heterocycles. The number of rotatable bonds is 5. The van der Waals surface area contributed by atoms with Crippen LogP contribution in [0.4, 0.5) is 4.39 Å². The van der Waals surface area contributed by atoms with Gasteiger partial charge in [-0.1, -0.05) is 31.4 Å². The van der Waals surface area contributed by atoms with Gasteiger partial charge in [-0.3, -0.25) is 14.9 Å². The summed E-state index contributed by atoms with van der Waals surface area (Å²) in [5.41, 5.74) is 1.32. The Morgan fingerprint density at radius 3 is 2.63 bits per heavy atom. The van der Waals surface area contributed by atoms with E-state index < -0.39 is 11.8 Å². The zero-order valence-electron chi connectivity index (χ0n) is 17.9. The molecule has 3 fully saturated rings. The lowest BCUT2D eigenvalue weighted by Crippen LogP contribution is -2.45. The predicted octanol–water partition coefficient (Wildman–Crippen LogP) is 3.73. The van der Waals surface area contributed by atoms with Crippen molar-refractivity contribution < 1.29 is 18.7 Å². The van der Waals surface area contributed by atoms with Gasteiger partial charge in [0.05, 0.1) is 12.0 Å². The summed E-state index contributed by atoms with van der Waals surface area (Å²) in [7, 11) is 1.75. The Labute approximate surface area is 178 Å². The molecule has 5 nitrogen and oxygen atoms in total. The van der Waals surface area contributed by atoms with E-state index in [1.807, 2.05) is 6.07 Å². The highest BCUT2D eigenvalue weighted by Gasteiger charge is 2.34. The SMILES string of the molecule is COC1CN(CC2CCCCC2)CCC1c1ccc(C2CCC(=O)NC2=O)c(F)c1. The number of hydrogen-bond acceptors (Lipinski definition) is 4. The van der Waals surface area contributed by atoms with Gasteiger partial charge in [0, 0.05) is 38.1 Å². The molecule has 3 atom stereocenters. The number of hydrogen-bond donors (Lipinski definition) is 1. The highest BCUT2D eigenvalue weighted by molar-refractivity contribution is 6.00. The Balaban J connectivity index is 1.42. The molecule has 0 aromatic heterocycles. The van der Waals surface area contributed by atoms with Crippen LogP contribution in [0.15, 0.2) is 18.2 Å². The van der Waals surface area contributed by atoms with Gasteiger partial charge < -0.3 is 9.64 Å². The van der Waals surface area contributed by atoms with Gasteiger partial charge >= 0.3 is 0 Å². The van der Waals surface area contributed by atoms with E-state index in [1.165, 1.54) is 32.1 Å². The minimum Gasteiger partial charge on any atom is -0.379 e. The van der Waals surface area contributed by atoms with E-state index in [9.17, 15) is 14.0 Å². The second-order valence-corrected chi connectivity index (χ2v) is 9.22. The van der Waals surface area contributed by atoms with E-state index in [2.05, 4.69) is 10.2 Å². The molecular formula is C24H33FN2O3. The molecule has 30 heavy (non-hydrogen) atoms. The van der Waals surface area contributed by atoms with E-state index in [0.717, 1.165) is 37.5 Å². The van der Waals surface area contributed by atoms with Crippen molar-refractivity contribution in [2.24, 2.45) is 5.92 Å². The molecule has 3 unspecified atom stereocenters. The lowest BCUT2D eigenvalue weighted by molar-refractivity contribution is -0.134. The molecule has 6 heteroatoms. The molecule has 4 rings (SSSR count). The maximum absolute atomic E-state index is 15.0. The number of carbonyl (C=O) groups is 2. The third-order valence-corrected chi connectivity index (χ3v) is 7.25. The van der Waals surface area contributed by atoms with Crippen LogP contribution in [0.25, 0.3) is 0 Å². The summed E-state index contributed by atoms with van der Waals surface area (Å²) in [6.07, 6.45) is 8.37. The van der Waals surface area contributed by atoms with E-state index in [1.54, 1.807) is 19.2 Å². The molecule has 2 amide bonds. The number of likely N-dealkylation sites (tertiary alicyclic amines) is 1. The Morgan fingerprint density at radius 1 is 1.13 bits per heavy atom. The molecule has 1 aliphatic carbocycles. The van der Waals surface area contributed by atoms with Crippen LogP contribution < -0.4 is 5.32 Å². The number of halogens is 1. The fraction of sp³-hybridized carbons (Fsp3) is 0.667. The van der Waals surface area contributed by atoms with Crippen molar-refractivity contribution in [1.82, 2.24) is 10.2 Å². The first kappa shape index (κ1) is 21.4. The topological polar surface area (TPSA) is 58.6 Å². The Kier molecular flexibility index (Phi) is 6.84. The molecule has 0 spiro atoms. The number of benzene rings is 1. The average molecular weight is 417 g/mol. The summed E-state index contributed by atoms with van der Waals surface area (Å²) in [4.78, 5) is 26.0. The zero-order chi connectivity index (χ0) is 21.1. The second-order valence-electron chi connectivity index (χ2n) is 9.22. The highest BCUT2D eigenvalue weighted by atomic mass is 19.1. The fourth-order valence-electron chi connectivity index (χ4n) is 5.55. The number of methoxy groups -OCH3 is 1. The summed E-state index contributed by atoms with van der Waals surface area (Å²) >= 11 is 0. The third kappa shape index (κ3) is 4.75. The van der Waals surface area contributed by atoms with Crippen LogP contribution in [0.3, 0.4) is 0 Å². The molecule has 1 saturated carbocycles. The fourth-order valence-corrected chi connectivity index (χ4v) is 5.55. The third-order valence-electron chi connectivity index (χ3n) is 7.25. The molecule has 2 aliphatic heterocycles. The van der Waals surface area contributed by atoms with Crippen LogP contribution in [0.2, 0.25) is 0 Å². The van der Waals surface area contributed by atoms with Crippen molar-refractivity contribution >= 4 is 11.8 Å². The van der Waals surface area contributed by atoms with Crippen LogP contribution >= 0.6 is 0 Å². The molecule has 2 saturated heterocycles. The molecule has 0 bridgehead atoms. The van der Waals surface area contributed by atoms with Gasteiger partial charge in [-0.15, -0.1) is 0 Å². The summed E-state index contributed by atoms with van der Waals surface area (Å²) in [5.74, 6) is -0.672. The standard InChI is InChI=1S/C24H33FN2O3/c1-30-22-15-27(14-16-5-3-2-4-6-16)12-11-18(22)17-7-8-19(21(25)13-17)20-9-10-23(28)26-24(20)29/h7-8,13,16,18,20,22H,2-6,9-12,14-15H2,1H3,(H,26,28,29). The van der Waals surface area contributed by atoms with Crippen LogP contribution in [0, 0.1) is 11.7 Å². The number of piperidine rings is 2. The van der Waals surface area contributed by atoms with Gasteiger partial charge in [0.1, 0.15) is 5.82 Å². The highest BCUT2D eigenvalue weighted by Crippen LogP contribution is 2.35. The van der Waals surface area contributed by atoms with Crippen molar-refractivity contribution in [2.45, 2.75) is 69.3 Å². The first-order valence-corrected chi connectivity index (χ1v) is 11.4. The van der Waals surface area contributed by atoms with E-state index in [0.29, 0.717) is 12.0 Å². The Hall–Kier alpha value is -1.79. The van der Waals surface area contributed by atoms with Crippen molar-refractivity contribution in [3.63, 3.8) is 0 Å². The average Bonchev–Trinajstić information content (AvgIpc) is 2.75. The van der Waals surface area contributed by atoms with E-state index >= 15 is 0 Å². The number of nitrogens with one attached hydrogen (secondary N) is 1. The smallest absolute Gasteiger partial charge is 0.234 e. The van der Waals surface area contributed by atoms with Gasteiger partial charge in [-0.2, -0.15) is 0 Å². The second kappa shape index (κ2) is 9.56. The van der Waals surface area contributed by atoms with Crippen LogP contribution in [0.1, 0.15) is 74.3 Å². The molecule has 0 radical (unpaired) electrons. The summed E-state index contributed by atoms with van der Waals surface area (Å²) in [6.45, 7) is 3.04. The van der Waals surface area contributed by atoms with Crippen molar-refractivity contribution in [3.8, 4) is 0 Å². The number of amides is 2. The van der Waals surface area contributed by atoms with Gasteiger partial charge in [0.25, 0.3) is 0 Å². The van der Waals surface area contributed by atoms with Crippen LogP contribution in [0.5, 0.6) is 0 Å². The van der Waals surface area contributed by atoms with Crippen molar-refractivity contribution in [3.05, 3.63) is 35.1 Å². The first-order valence-electron chi connectivity index (χ1n) is 11.4. The van der Waals surface area contributed by atoms with Gasteiger partial charge in [0.15, 0.2) is 0 Å². The quantitative estimate of drug-likeness (QED) is 0.743. The van der Waals surface area contributed by atoms with Crippen molar-refractivity contribution in [2.75, 3.05) is 26.7 Å². The van der Waals surface area contributed by atoms with Gasteiger partial charge in [-0.25, -0.2) is 4.39 Å². The van der Waals surface area contributed by atoms with Gasteiger partial charge in [0.2, 0.25) is 11.8 Å². The number of nitrogens with zero attached hydrogens (tertiary/aromatic N) is 1. The van der Waals surface area contributed by atoms with Crippen molar-refractivity contribution in [1.29, 1.82) is 0 Å². The number of carbonyl (C=O) groups excluding carboxylic acids is 2. The summed E-state index contributed by atoms with van der Waals surface area (Å²) in [6, 6.07) is 5.24. The minimum absolute atomic E-state index is 0.0446. The monoisotopic (exact) mass is 416 g/mol. The molecule has 1 N–H and O–H groups in total. The lowest BCUT2D eigenvalue weighted by Gasteiger charge is -2.40. The Morgan fingerprint density at radius 2 is 1.93 bits per heavy atom. The maximum atomic E-state index is 15.0. The maximum Gasteiger partial charge on any atom is 0.234 e. The molecule has 1 aromatic carbocycles. The number of imide groups is 1. The first-order chi connectivity index (χ1) is 14.5. The minimum atomic E-state index is -0.590. The normalized spacial score (nSPS) is 29.1. The zero-order valence-corrected chi connectivity index (χ0v) is 17.9. The Bertz CT molecular complexity index is 778. The predicted molar refractivity (Wildman–Crippen MR) is 113 cm³/mol.